The average Bonchev–Trinajstić information content (AvgIpc) is 3.01. The van der Waals surface area contributed by atoms with E-state index in [1.165, 1.54) is 30.6 Å². The molecule has 0 amide bonds. The van der Waals surface area contributed by atoms with Gasteiger partial charge in [0.25, 0.3) is 0 Å². The van der Waals surface area contributed by atoms with E-state index in [0.29, 0.717) is 0 Å². The second-order valence-electron chi connectivity index (χ2n) is 7.97. The fraction of sp³-hybridized carbons (Fsp3) is 0.217. The third kappa shape index (κ3) is 4.92. The van der Waals surface area contributed by atoms with Crippen molar-refractivity contribution in [3.63, 3.8) is 0 Å². The van der Waals surface area contributed by atoms with Crippen LogP contribution in [-0.4, -0.2) is 18.5 Å². The molecule has 8 heteroatoms. The first kappa shape index (κ1) is 23.2. The summed E-state index contributed by atoms with van der Waals surface area (Å²) in [5, 5.41) is 2.79. The van der Waals surface area contributed by atoms with E-state index in [0.717, 1.165) is 0 Å². The quantitative estimate of drug-likeness (QED) is 0.171. The summed E-state index contributed by atoms with van der Waals surface area (Å²) >= 11 is 0. The first-order chi connectivity index (χ1) is 14.3. The number of thiophene rings is 1. The maximum Gasteiger partial charge on any atom is 0.485 e. The molecule has 4 aromatic rings. The van der Waals surface area contributed by atoms with Crippen molar-refractivity contribution in [2.75, 3.05) is 0 Å². The van der Waals surface area contributed by atoms with E-state index < -0.39 is 15.6 Å². The third-order valence-corrected chi connectivity index (χ3v) is 7.65. The van der Waals surface area contributed by atoms with E-state index in [2.05, 4.69) is 93.6 Å². The monoisotopic (exact) mass is 466 g/mol. The van der Waals surface area contributed by atoms with E-state index in [4.69, 9.17) is 13.0 Å². The van der Waals surface area contributed by atoms with Crippen molar-refractivity contribution in [3.05, 3.63) is 78.4 Å². The van der Waals surface area contributed by atoms with Crippen LogP contribution in [0.5, 0.6) is 0 Å². The molecule has 0 bridgehead atoms. The molecule has 0 saturated carbocycles. The molecule has 0 unspecified atom stereocenters. The minimum absolute atomic E-state index is 0.0244. The van der Waals surface area contributed by atoms with Crippen LogP contribution in [0.25, 0.3) is 25.1 Å². The van der Waals surface area contributed by atoms with Gasteiger partial charge in [-0.15, -0.1) is 0 Å². The summed E-state index contributed by atoms with van der Waals surface area (Å²) in [6.45, 7) is 6.80. The molecule has 3 nitrogen and oxygen atoms in total. The van der Waals surface area contributed by atoms with Crippen LogP contribution >= 0.6 is 10.5 Å². The summed E-state index contributed by atoms with van der Waals surface area (Å²) in [5.41, 5.74) is -4.05. The van der Waals surface area contributed by atoms with Gasteiger partial charge in [0.2, 0.25) is 0 Å². The zero-order chi connectivity index (χ0) is 23.0. The largest absolute Gasteiger partial charge is 0.741 e. The Labute approximate surface area is 181 Å². The standard InChI is InChI=1S/C22H21S.CHF3O3S/c1-22(2,3)16-12-14-17(15-13-16)23-20-10-6-4-8-18(20)19-9-5-7-11-21(19)23;2-1(3,4)8(5,6)7/h4-15H,1-3H3;(H,5,6,7)/q+1;/p-1. The summed E-state index contributed by atoms with van der Waals surface area (Å²) in [5.74, 6) is 0. The van der Waals surface area contributed by atoms with Crippen molar-refractivity contribution in [2.45, 2.75) is 31.7 Å². The highest BCUT2D eigenvalue weighted by atomic mass is 32.2. The Balaban J connectivity index is 0.000000293. The highest BCUT2D eigenvalue weighted by molar-refractivity contribution is 7.86. The van der Waals surface area contributed by atoms with Crippen molar-refractivity contribution in [2.24, 2.45) is 0 Å². The SMILES string of the molecule is CC(C)(C)c1ccc(-[s+]2c3ccccc3c3ccccc32)cc1.O=S(=O)([O-])C(F)(F)F. The van der Waals surface area contributed by atoms with Crippen LogP contribution < -0.4 is 0 Å². The fourth-order valence-corrected chi connectivity index (χ4v) is 5.58. The van der Waals surface area contributed by atoms with Gasteiger partial charge >= 0.3 is 5.51 Å². The molecule has 1 aromatic heterocycles. The Morgan fingerprint density at radius 3 is 1.48 bits per heavy atom. The highest BCUT2D eigenvalue weighted by Crippen LogP contribution is 2.48. The molecule has 1 heterocycles. The van der Waals surface area contributed by atoms with Gasteiger partial charge in [0.1, 0.15) is 0 Å². The average molecular weight is 467 g/mol. The Hall–Kier alpha value is -2.42. The van der Waals surface area contributed by atoms with Crippen molar-refractivity contribution < 1.29 is 26.1 Å². The first-order valence-corrected chi connectivity index (χ1v) is 12.0. The van der Waals surface area contributed by atoms with E-state index in [-0.39, 0.29) is 15.9 Å². The van der Waals surface area contributed by atoms with E-state index in [9.17, 15) is 13.2 Å². The molecular weight excluding hydrogens is 445 g/mol. The van der Waals surface area contributed by atoms with Crippen molar-refractivity contribution >= 4 is 40.8 Å². The summed E-state index contributed by atoms with van der Waals surface area (Å²) in [4.78, 5) is 1.41. The van der Waals surface area contributed by atoms with Crippen LogP contribution in [0.2, 0.25) is 0 Å². The highest BCUT2D eigenvalue weighted by Gasteiger charge is 2.36. The van der Waals surface area contributed by atoms with Gasteiger partial charge in [-0.3, -0.25) is 0 Å². The normalized spacial score (nSPS) is 12.6. The zero-order valence-electron chi connectivity index (χ0n) is 17.1. The number of alkyl halides is 3. The van der Waals surface area contributed by atoms with Gasteiger partial charge in [-0.2, -0.15) is 13.2 Å². The summed E-state index contributed by atoms with van der Waals surface area (Å²) < 4.78 is 61.8. The predicted octanol–water partition coefficient (Wildman–Crippen LogP) is 7.08. The van der Waals surface area contributed by atoms with Crippen molar-refractivity contribution in [3.8, 4) is 4.90 Å². The summed E-state index contributed by atoms with van der Waals surface area (Å²) in [6, 6.07) is 26.9. The van der Waals surface area contributed by atoms with Crippen LogP contribution in [0.3, 0.4) is 0 Å². The predicted molar refractivity (Wildman–Crippen MR) is 120 cm³/mol. The molecule has 4 rings (SSSR count). The fourth-order valence-electron chi connectivity index (χ4n) is 3.20. The molecule has 0 aliphatic heterocycles. The lowest BCUT2D eigenvalue weighted by Gasteiger charge is -2.18. The molecule has 164 valence electrons. The number of hydrogen-bond acceptors (Lipinski definition) is 3. The number of benzene rings is 3. The first-order valence-electron chi connectivity index (χ1n) is 9.36. The van der Waals surface area contributed by atoms with Crippen LogP contribution in [-0.2, 0) is 15.5 Å². The lowest BCUT2D eigenvalue weighted by Crippen LogP contribution is -2.21. The zero-order valence-corrected chi connectivity index (χ0v) is 18.7. The van der Waals surface area contributed by atoms with Gasteiger partial charge in [-0.25, -0.2) is 8.42 Å². The maximum atomic E-state index is 10.7. The summed E-state index contributed by atoms with van der Waals surface area (Å²) in [7, 11) is -6.07. The molecular formula is C23H21F3O3S2. The van der Waals surface area contributed by atoms with Gasteiger partial charge in [-0.05, 0) is 47.4 Å². The molecule has 0 fully saturated rings. The Kier molecular flexibility index (Phi) is 6.19. The molecule has 0 aliphatic carbocycles. The molecule has 0 spiro atoms. The smallest absolute Gasteiger partial charge is 0.485 e. The van der Waals surface area contributed by atoms with Gasteiger partial charge in [0.05, 0.1) is 0 Å². The minimum atomic E-state index is -6.09. The third-order valence-electron chi connectivity index (χ3n) is 4.74. The molecule has 31 heavy (non-hydrogen) atoms. The molecule has 3 aromatic carbocycles. The lowest BCUT2D eigenvalue weighted by atomic mass is 9.87. The number of fused-ring (bicyclic) bond motifs is 3. The van der Waals surface area contributed by atoms with E-state index in [1.807, 2.05) is 0 Å². The van der Waals surface area contributed by atoms with Crippen LogP contribution in [0.1, 0.15) is 26.3 Å². The molecule has 0 N–H and O–H groups in total. The number of rotatable bonds is 1. The lowest BCUT2D eigenvalue weighted by molar-refractivity contribution is -0.0517. The van der Waals surface area contributed by atoms with E-state index >= 15 is 0 Å². The molecule has 0 atom stereocenters. The van der Waals surface area contributed by atoms with E-state index in [1.54, 1.807) is 0 Å². The molecule has 0 radical (unpaired) electrons. The number of hydrogen-bond donors (Lipinski definition) is 0. The van der Waals surface area contributed by atoms with Crippen LogP contribution in [0.15, 0.2) is 72.8 Å². The molecule has 0 aliphatic rings. The minimum Gasteiger partial charge on any atom is -0.741 e. The van der Waals surface area contributed by atoms with Gasteiger partial charge in [0.15, 0.2) is 24.4 Å². The Morgan fingerprint density at radius 1 is 0.742 bits per heavy atom. The van der Waals surface area contributed by atoms with Crippen LogP contribution in [0, 0.1) is 0 Å². The maximum absolute atomic E-state index is 10.7. The number of halogens is 3. The van der Waals surface area contributed by atoms with Crippen LogP contribution in [0.4, 0.5) is 13.2 Å². The summed E-state index contributed by atoms with van der Waals surface area (Å²) in [6.07, 6.45) is 0. The second-order valence-corrected chi connectivity index (χ2v) is 11.3. The van der Waals surface area contributed by atoms with Gasteiger partial charge in [0, 0.05) is 21.2 Å². The van der Waals surface area contributed by atoms with Crippen molar-refractivity contribution in [1.82, 2.24) is 0 Å². The van der Waals surface area contributed by atoms with Gasteiger partial charge < -0.3 is 4.55 Å². The van der Waals surface area contributed by atoms with Crippen molar-refractivity contribution in [1.29, 1.82) is 0 Å². The molecule has 0 saturated heterocycles. The van der Waals surface area contributed by atoms with Gasteiger partial charge in [-0.1, -0.05) is 57.2 Å². The topological polar surface area (TPSA) is 57.2 Å². The second kappa shape index (κ2) is 8.26. The Morgan fingerprint density at radius 2 is 1.13 bits per heavy atom. The Bertz CT molecular complexity index is 1260.